The topological polar surface area (TPSA) is 88.1 Å². The molecule has 1 aromatic rings. The zero-order valence-electron chi connectivity index (χ0n) is 13.2. The van der Waals surface area contributed by atoms with Gasteiger partial charge in [0, 0.05) is 6.54 Å². The highest BCUT2D eigenvalue weighted by molar-refractivity contribution is 7.80. The van der Waals surface area contributed by atoms with E-state index in [1.807, 2.05) is 0 Å². The highest BCUT2D eigenvalue weighted by Gasteiger charge is 2.32. The van der Waals surface area contributed by atoms with Crippen LogP contribution in [-0.4, -0.2) is 47.7 Å². The van der Waals surface area contributed by atoms with Crippen molar-refractivity contribution >= 4 is 35.2 Å². The molecule has 1 saturated heterocycles. The van der Waals surface area contributed by atoms with Crippen LogP contribution in [0.5, 0.6) is 17.2 Å². The zero-order valence-corrected chi connectivity index (χ0v) is 14.0. The monoisotopic (exact) mass is 348 g/mol. The van der Waals surface area contributed by atoms with Gasteiger partial charge in [-0.3, -0.25) is 19.8 Å². The van der Waals surface area contributed by atoms with Gasteiger partial charge in [0.25, 0.3) is 11.8 Å². The minimum absolute atomic E-state index is 0.0305. The van der Waals surface area contributed by atoms with Gasteiger partial charge in [0.15, 0.2) is 16.6 Å². The van der Waals surface area contributed by atoms with Gasteiger partial charge in [0.2, 0.25) is 5.75 Å². The second-order valence-electron chi connectivity index (χ2n) is 4.80. The SMILES string of the molecule is C=CCN1C(=O)/C(=C/c2cc(OC)c(O)c(OC)c2)C(=O)NC1=S. The number of nitrogens with zero attached hydrogens (tertiary/aromatic N) is 1. The number of thiocarbonyl (C=S) groups is 1. The fraction of sp³-hybridized carbons (Fsp3) is 0.188. The molecule has 0 aliphatic carbocycles. The first-order chi connectivity index (χ1) is 11.4. The molecule has 24 heavy (non-hydrogen) atoms. The average molecular weight is 348 g/mol. The van der Waals surface area contributed by atoms with Crippen molar-refractivity contribution in [1.82, 2.24) is 10.2 Å². The van der Waals surface area contributed by atoms with Crippen LogP contribution in [0.1, 0.15) is 5.56 Å². The normalized spacial score (nSPS) is 16.2. The average Bonchev–Trinajstić information content (AvgIpc) is 2.56. The van der Waals surface area contributed by atoms with Crippen LogP contribution in [0, 0.1) is 0 Å². The molecule has 0 unspecified atom stereocenters. The Morgan fingerprint density at radius 1 is 1.29 bits per heavy atom. The lowest BCUT2D eigenvalue weighted by Gasteiger charge is -2.27. The summed E-state index contributed by atoms with van der Waals surface area (Å²) in [5.41, 5.74) is 0.353. The molecule has 1 aliphatic heterocycles. The van der Waals surface area contributed by atoms with Gasteiger partial charge in [0.05, 0.1) is 14.2 Å². The van der Waals surface area contributed by atoms with E-state index in [1.54, 1.807) is 0 Å². The van der Waals surface area contributed by atoms with Gasteiger partial charge in [0.1, 0.15) is 5.57 Å². The number of nitrogens with one attached hydrogen (secondary N) is 1. The summed E-state index contributed by atoms with van der Waals surface area (Å²) in [4.78, 5) is 25.8. The van der Waals surface area contributed by atoms with Gasteiger partial charge in [-0.25, -0.2) is 0 Å². The Morgan fingerprint density at radius 2 is 1.88 bits per heavy atom. The number of amides is 2. The second-order valence-corrected chi connectivity index (χ2v) is 5.18. The number of hydrogen-bond acceptors (Lipinski definition) is 6. The van der Waals surface area contributed by atoms with E-state index in [2.05, 4.69) is 11.9 Å². The van der Waals surface area contributed by atoms with E-state index in [9.17, 15) is 14.7 Å². The number of methoxy groups -OCH3 is 2. The maximum Gasteiger partial charge on any atom is 0.265 e. The lowest BCUT2D eigenvalue weighted by atomic mass is 10.1. The molecule has 1 heterocycles. The number of ether oxygens (including phenoxy) is 2. The van der Waals surface area contributed by atoms with Crippen LogP contribution in [0.4, 0.5) is 0 Å². The summed E-state index contributed by atoms with van der Waals surface area (Å²) in [6.07, 6.45) is 2.88. The van der Waals surface area contributed by atoms with Crippen LogP contribution < -0.4 is 14.8 Å². The van der Waals surface area contributed by atoms with Crippen LogP contribution in [-0.2, 0) is 9.59 Å². The highest BCUT2D eigenvalue weighted by atomic mass is 32.1. The van der Waals surface area contributed by atoms with Crippen LogP contribution >= 0.6 is 12.2 Å². The summed E-state index contributed by atoms with van der Waals surface area (Å²) in [7, 11) is 2.77. The Balaban J connectivity index is 2.49. The number of phenolic OH excluding ortho intramolecular Hbond substituents is 1. The van der Waals surface area contributed by atoms with E-state index in [4.69, 9.17) is 21.7 Å². The van der Waals surface area contributed by atoms with E-state index in [1.165, 1.54) is 43.4 Å². The van der Waals surface area contributed by atoms with Gasteiger partial charge < -0.3 is 14.6 Å². The molecule has 7 nitrogen and oxygen atoms in total. The third kappa shape index (κ3) is 3.23. The molecular formula is C16H16N2O5S. The molecule has 2 amide bonds. The van der Waals surface area contributed by atoms with Crippen molar-refractivity contribution in [3.63, 3.8) is 0 Å². The molecule has 0 saturated carbocycles. The smallest absolute Gasteiger partial charge is 0.265 e. The minimum atomic E-state index is -0.601. The largest absolute Gasteiger partial charge is 0.502 e. The van der Waals surface area contributed by atoms with Crippen LogP contribution in [0.3, 0.4) is 0 Å². The first kappa shape index (κ1) is 17.5. The summed E-state index contributed by atoms with van der Waals surface area (Å²) in [6.45, 7) is 3.74. The van der Waals surface area contributed by atoms with Gasteiger partial charge in [-0.2, -0.15) is 0 Å². The van der Waals surface area contributed by atoms with Crippen molar-refractivity contribution in [3.8, 4) is 17.2 Å². The summed E-state index contributed by atoms with van der Waals surface area (Å²) >= 11 is 4.99. The van der Waals surface area contributed by atoms with Crippen LogP contribution in [0.25, 0.3) is 6.08 Å². The van der Waals surface area contributed by atoms with Crippen molar-refractivity contribution in [2.24, 2.45) is 0 Å². The number of benzene rings is 1. The number of rotatable bonds is 5. The van der Waals surface area contributed by atoms with E-state index in [0.29, 0.717) is 5.56 Å². The van der Waals surface area contributed by atoms with E-state index in [0.717, 1.165) is 0 Å². The molecule has 0 radical (unpaired) electrons. The van der Waals surface area contributed by atoms with Gasteiger partial charge in [-0.05, 0) is 36.0 Å². The molecule has 1 aliphatic rings. The van der Waals surface area contributed by atoms with Gasteiger partial charge in [-0.15, -0.1) is 6.58 Å². The predicted molar refractivity (Wildman–Crippen MR) is 91.8 cm³/mol. The maximum atomic E-state index is 12.5. The number of phenols is 1. The van der Waals surface area contributed by atoms with E-state index >= 15 is 0 Å². The van der Waals surface area contributed by atoms with Crippen LogP contribution in [0.15, 0.2) is 30.4 Å². The van der Waals surface area contributed by atoms with Gasteiger partial charge in [-0.1, -0.05) is 6.08 Å². The van der Waals surface area contributed by atoms with Crippen molar-refractivity contribution < 1.29 is 24.2 Å². The molecule has 126 valence electrons. The number of aromatic hydroxyl groups is 1. The molecule has 0 aromatic heterocycles. The summed E-state index contributed by atoms with van der Waals surface area (Å²) in [5, 5.41) is 12.4. The predicted octanol–water partition coefficient (Wildman–Crippen LogP) is 1.22. The molecule has 0 atom stereocenters. The Morgan fingerprint density at radius 3 is 2.38 bits per heavy atom. The minimum Gasteiger partial charge on any atom is -0.502 e. The standard InChI is InChI=1S/C16H16N2O5S/c1-4-5-18-15(21)10(14(20)17-16(18)24)6-9-7-11(22-2)13(19)12(8-9)23-3/h4,6-8,19H,1,5H2,2-3H3,(H,17,20,24)/b10-6+. The first-order valence-corrected chi connectivity index (χ1v) is 7.28. The summed E-state index contributed by atoms with van der Waals surface area (Å²) < 4.78 is 10.1. The molecule has 8 heteroatoms. The lowest BCUT2D eigenvalue weighted by Crippen LogP contribution is -2.53. The second kappa shape index (κ2) is 7.14. The number of carbonyl (C=O) groups is 2. The van der Waals surface area contributed by atoms with Crippen molar-refractivity contribution in [1.29, 1.82) is 0 Å². The third-order valence-corrected chi connectivity index (χ3v) is 3.63. The zero-order chi connectivity index (χ0) is 17.9. The fourth-order valence-corrected chi connectivity index (χ4v) is 2.40. The molecule has 0 bridgehead atoms. The molecule has 2 rings (SSSR count). The Kier molecular flexibility index (Phi) is 5.20. The fourth-order valence-electron chi connectivity index (χ4n) is 2.15. The van der Waals surface area contributed by atoms with E-state index < -0.39 is 11.8 Å². The van der Waals surface area contributed by atoms with Crippen LogP contribution in [0.2, 0.25) is 0 Å². The first-order valence-electron chi connectivity index (χ1n) is 6.87. The molecule has 0 spiro atoms. The third-order valence-electron chi connectivity index (χ3n) is 3.31. The lowest BCUT2D eigenvalue weighted by molar-refractivity contribution is -0.128. The van der Waals surface area contributed by atoms with Crippen molar-refractivity contribution in [2.45, 2.75) is 0 Å². The highest BCUT2D eigenvalue weighted by Crippen LogP contribution is 2.37. The van der Waals surface area contributed by atoms with Gasteiger partial charge >= 0.3 is 0 Å². The molecule has 1 fully saturated rings. The Hall–Kier alpha value is -2.87. The quantitative estimate of drug-likeness (QED) is 0.360. The molecular weight excluding hydrogens is 332 g/mol. The molecule has 2 N–H and O–H groups in total. The number of hydrogen-bond donors (Lipinski definition) is 2. The van der Waals surface area contributed by atoms with Crippen molar-refractivity contribution in [3.05, 3.63) is 35.9 Å². The Bertz CT molecular complexity index is 732. The number of carbonyl (C=O) groups excluding carboxylic acids is 2. The summed E-state index contributed by atoms with van der Waals surface area (Å²) in [6, 6.07) is 2.96. The maximum absolute atomic E-state index is 12.5. The Labute approximate surface area is 144 Å². The van der Waals surface area contributed by atoms with E-state index in [-0.39, 0.29) is 34.5 Å². The molecule has 1 aromatic carbocycles. The van der Waals surface area contributed by atoms with Crippen molar-refractivity contribution in [2.75, 3.05) is 20.8 Å². The summed E-state index contributed by atoms with van der Waals surface area (Å²) in [5.74, 6) is -0.992.